The third-order valence-electron chi connectivity index (χ3n) is 6.36. The van der Waals surface area contributed by atoms with Crippen molar-refractivity contribution >= 4 is 29.1 Å². The fourth-order valence-electron chi connectivity index (χ4n) is 4.57. The van der Waals surface area contributed by atoms with Crippen molar-refractivity contribution in [2.75, 3.05) is 49.1 Å². The molecule has 4 heterocycles. The average Bonchev–Trinajstić information content (AvgIpc) is 3.54. The predicted octanol–water partition coefficient (Wildman–Crippen LogP) is 4.02. The quantitative estimate of drug-likeness (QED) is 0.574. The first-order valence-electron chi connectivity index (χ1n) is 11.1. The zero-order valence-electron chi connectivity index (χ0n) is 18.1. The molecular formula is C24H24ClN5O3. The first-order chi connectivity index (χ1) is 16.1. The van der Waals surface area contributed by atoms with Crippen LogP contribution in [0.5, 0.6) is 0 Å². The molecule has 8 nitrogen and oxygen atoms in total. The highest BCUT2D eigenvalue weighted by molar-refractivity contribution is 6.33. The summed E-state index contributed by atoms with van der Waals surface area (Å²) >= 11 is 6.33. The van der Waals surface area contributed by atoms with Crippen LogP contribution in [0.1, 0.15) is 18.5 Å². The van der Waals surface area contributed by atoms with E-state index in [-0.39, 0.29) is 17.5 Å². The number of piperidine rings is 1. The number of halogens is 1. The number of rotatable bonds is 4. The molecule has 9 heteroatoms. The molecule has 0 spiro atoms. The number of piperazine rings is 1. The molecule has 3 aromatic rings. The Bertz CT molecular complexity index is 1150. The van der Waals surface area contributed by atoms with Gasteiger partial charge in [-0.3, -0.25) is 4.79 Å². The Kier molecular flexibility index (Phi) is 5.97. The normalized spacial score (nSPS) is 17.3. The number of carbonyl (C=O) groups is 1. The molecule has 2 aromatic heterocycles. The maximum atomic E-state index is 13.2. The zero-order valence-corrected chi connectivity index (χ0v) is 18.9. The van der Waals surface area contributed by atoms with Crippen LogP contribution in [-0.4, -0.2) is 55.1 Å². The van der Waals surface area contributed by atoms with Gasteiger partial charge in [0.25, 0.3) is 5.89 Å². The minimum atomic E-state index is -0.0221. The van der Waals surface area contributed by atoms with Crippen molar-refractivity contribution in [3.05, 3.63) is 53.4 Å². The van der Waals surface area contributed by atoms with Gasteiger partial charge >= 0.3 is 0 Å². The van der Waals surface area contributed by atoms with Crippen LogP contribution in [0, 0.1) is 17.2 Å². The number of hydrogen-bond acceptors (Lipinski definition) is 7. The SMILES string of the molecule is N#Cc1nc(-c2ccco2)oc1N1CCC(C(=O)N2CCN(c3ccccc3Cl)CC2)CC1. The first kappa shape index (κ1) is 21.4. The molecule has 0 unspecified atom stereocenters. The number of nitriles is 1. The summed E-state index contributed by atoms with van der Waals surface area (Å²) in [6, 6.07) is 13.4. The van der Waals surface area contributed by atoms with Crippen LogP contribution in [0.2, 0.25) is 5.02 Å². The summed E-state index contributed by atoms with van der Waals surface area (Å²) in [7, 11) is 0. The lowest BCUT2D eigenvalue weighted by molar-refractivity contribution is -0.136. The number of benzene rings is 1. The third kappa shape index (κ3) is 4.29. The van der Waals surface area contributed by atoms with Gasteiger partial charge in [-0.25, -0.2) is 0 Å². The Morgan fingerprint density at radius 1 is 1.03 bits per heavy atom. The Hall–Kier alpha value is -3.44. The Labute approximate surface area is 196 Å². The van der Waals surface area contributed by atoms with Crippen LogP contribution < -0.4 is 9.80 Å². The van der Waals surface area contributed by atoms with Gasteiger partial charge in [-0.1, -0.05) is 23.7 Å². The van der Waals surface area contributed by atoms with Crippen molar-refractivity contribution in [2.45, 2.75) is 12.8 Å². The highest BCUT2D eigenvalue weighted by Crippen LogP contribution is 2.32. The van der Waals surface area contributed by atoms with E-state index in [2.05, 4.69) is 16.0 Å². The molecule has 0 aliphatic carbocycles. The summed E-state index contributed by atoms with van der Waals surface area (Å²) in [5.74, 6) is 1.41. The van der Waals surface area contributed by atoms with Crippen LogP contribution in [0.4, 0.5) is 11.6 Å². The summed E-state index contributed by atoms with van der Waals surface area (Å²) in [6.45, 7) is 4.20. The lowest BCUT2D eigenvalue weighted by atomic mass is 9.95. The molecule has 5 rings (SSSR count). The second kappa shape index (κ2) is 9.20. The zero-order chi connectivity index (χ0) is 22.8. The van der Waals surface area contributed by atoms with Crippen LogP contribution in [-0.2, 0) is 4.79 Å². The smallest absolute Gasteiger partial charge is 0.266 e. The number of anilines is 2. The second-order valence-corrected chi connectivity index (χ2v) is 8.69. The van der Waals surface area contributed by atoms with Crippen molar-refractivity contribution in [1.82, 2.24) is 9.88 Å². The molecule has 0 N–H and O–H groups in total. The lowest BCUT2D eigenvalue weighted by Gasteiger charge is -2.39. The summed E-state index contributed by atoms with van der Waals surface area (Å²) in [5, 5.41) is 10.2. The number of oxazole rings is 1. The van der Waals surface area contributed by atoms with E-state index >= 15 is 0 Å². The van der Waals surface area contributed by atoms with Gasteiger partial charge in [0, 0.05) is 45.2 Å². The van der Waals surface area contributed by atoms with E-state index in [0.717, 1.165) is 23.8 Å². The Balaban J connectivity index is 1.18. The fourth-order valence-corrected chi connectivity index (χ4v) is 4.82. The molecule has 1 amide bonds. The van der Waals surface area contributed by atoms with Crippen molar-refractivity contribution in [1.29, 1.82) is 5.26 Å². The monoisotopic (exact) mass is 465 g/mol. The number of carbonyl (C=O) groups excluding carboxylic acids is 1. The van der Waals surface area contributed by atoms with Crippen LogP contribution in [0.25, 0.3) is 11.7 Å². The summed E-state index contributed by atoms with van der Waals surface area (Å²) in [6.07, 6.45) is 2.97. The number of hydrogen-bond donors (Lipinski definition) is 0. The van der Waals surface area contributed by atoms with E-state index in [1.165, 1.54) is 6.26 Å². The molecule has 2 saturated heterocycles. The first-order valence-corrected chi connectivity index (χ1v) is 11.5. The molecule has 1 aromatic carbocycles. The predicted molar refractivity (Wildman–Crippen MR) is 124 cm³/mol. The van der Waals surface area contributed by atoms with Crippen LogP contribution in [0.15, 0.2) is 51.5 Å². The lowest BCUT2D eigenvalue weighted by Crippen LogP contribution is -2.51. The van der Waals surface area contributed by atoms with Gasteiger partial charge in [0.05, 0.1) is 17.0 Å². The molecule has 0 bridgehead atoms. The van der Waals surface area contributed by atoms with Gasteiger partial charge in [0.15, 0.2) is 5.76 Å². The Morgan fingerprint density at radius 2 is 1.79 bits per heavy atom. The van der Waals surface area contributed by atoms with Gasteiger partial charge in [-0.05, 0) is 37.1 Å². The van der Waals surface area contributed by atoms with Crippen molar-refractivity contribution < 1.29 is 13.6 Å². The molecule has 0 atom stereocenters. The van der Waals surface area contributed by atoms with E-state index in [0.29, 0.717) is 56.6 Å². The number of para-hydroxylation sites is 1. The standard InChI is InChI=1S/C24H24ClN5O3/c25-18-4-1-2-5-20(18)28-11-13-29(14-12-28)23(31)17-7-9-30(10-8-17)24-19(16-26)27-22(33-24)21-6-3-15-32-21/h1-6,15,17H,7-14H2. The summed E-state index contributed by atoms with van der Waals surface area (Å²) in [4.78, 5) is 23.6. The molecule has 0 radical (unpaired) electrons. The molecule has 33 heavy (non-hydrogen) atoms. The van der Waals surface area contributed by atoms with Gasteiger partial charge in [0.2, 0.25) is 17.5 Å². The van der Waals surface area contributed by atoms with Crippen LogP contribution in [0.3, 0.4) is 0 Å². The largest absolute Gasteiger partial charge is 0.459 e. The average molecular weight is 466 g/mol. The van der Waals surface area contributed by atoms with Crippen LogP contribution >= 0.6 is 11.6 Å². The second-order valence-electron chi connectivity index (χ2n) is 8.29. The summed E-state index contributed by atoms with van der Waals surface area (Å²) in [5.41, 5.74) is 1.26. The number of furan rings is 1. The molecule has 0 saturated carbocycles. The van der Waals surface area contributed by atoms with Crippen molar-refractivity contribution in [2.24, 2.45) is 5.92 Å². The molecule has 2 fully saturated rings. The maximum Gasteiger partial charge on any atom is 0.266 e. The van der Waals surface area contributed by atoms with Crippen molar-refractivity contribution in [3.63, 3.8) is 0 Å². The molecule has 2 aliphatic rings. The maximum absolute atomic E-state index is 13.2. The topological polar surface area (TPSA) is 89.8 Å². The van der Waals surface area contributed by atoms with Gasteiger partial charge < -0.3 is 23.5 Å². The number of aromatic nitrogens is 1. The molecule has 170 valence electrons. The van der Waals surface area contributed by atoms with E-state index < -0.39 is 0 Å². The van der Waals surface area contributed by atoms with E-state index in [1.54, 1.807) is 12.1 Å². The van der Waals surface area contributed by atoms with Gasteiger partial charge in [0.1, 0.15) is 6.07 Å². The summed E-state index contributed by atoms with van der Waals surface area (Å²) < 4.78 is 11.2. The van der Waals surface area contributed by atoms with E-state index in [9.17, 15) is 10.1 Å². The highest BCUT2D eigenvalue weighted by atomic mass is 35.5. The number of amides is 1. The highest BCUT2D eigenvalue weighted by Gasteiger charge is 2.33. The number of nitrogens with zero attached hydrogens (tertiary/aromatic N) is 5. The Morgan fingerprint density at radius 3 is 2.45 bits per heavy atom. The minimum absolute atomic E-state index is 0.0221. The third-order valence-corrected chi connectivity index (χ3v) is 6.68. The molecule has 2 aliphatic heterocycles. The minimum Gasteiger partial charge on any atom is -0.459 e. The van der Waals surface area contributed by atoms with Gasteiger partial charge in [-0.2, -0.15) is 10.2 Å². The van der Waals surface area contributed by atoms with Crippen molar-refractivity contribution in [3.8, 4) is 17.7 Å². The van der Waals surface area contributed by atoms with Gasteiger partial charge in [-0.15, -0.1) is 0 Å². The van der Waals surface area contributed by atoms with E-state index in [4.69, 9.17) is 20.4 Å². The molecular weight excluding hydrogens is 442 g/mol. The fraction of sp³-hybridized carbons (Fsp3) is 0.375. The van der Waals surface area contributed by atoms with E-state index in [1.807, 2.05) is 34.1 Å².